The molecule has 4 saturated carbocycles. The summed E-state index contributed by atoms with van der Waals surface area (Å²) in [7, 11) is 0. The Bertz CT molecular complexity index is 452. The highest BCUT2D eigenvalue weighted by atomic mass is 14.7. The molecule has 4 aliphatic rings. The topological polar surface area (TPSA) is 0 Å². The van der Waals surface area contributed by atoms with Crippen LogP contribution in [-0.2, 0) is 0 Å². The van der Waals surface area contributed by atoms with Crippen molar-refractivity contribution >= 4 is 0 Å². The monoisotopic (exact) mass is 330 g/mol. The molecule has 0 spiro atoms. The molecular formula is C24H42. The first-order chi connectivity index (χ1) is 11.2. The summed E-state index contributed by atoms with van der Waals surface area (Å²) >= 11 is 0. The van der Waals surface area contributed by atoms with Gasteiger partial charge in [0.05, 0.1) is 0 Å². The molecular weight excluding hydrogens is 288 g/mol. The van der Waals surface area contributed by atoms with Gasteiger partial charge in [-0.1, -0.05) is 62.3 Å². The fourth-order valence-corrected chi connectivity index (χ4v) is 9.32. The Labute approximate surface area is 151 Å². The highest BCUT2D eigenvalue weighted by Crippen LogP contribution is 2.72. The Kier molecular flexibility index (Phi) is 3.99. The second-order valence-electron chi connectivity index (χ2n) is 11.2. The summed E-state index contributed by atoms with van der Waals surface area (Å²) in [5.74, 6) is 14.5. The van der Waals surface area contributed by atoms with Crippen molar-refractivity contribution in [2.45, 2.75) is 62.3 Å². The van der Waals surface area contributed by atoms with Gasteiger partial charge >= 0.3 is 0 Å². The lowest BCUT2D eigenvalue weighted by molar-refractivity contribution is -0.105. The molecule has 0 bridgehead atoms. The van der Waals surface area contributed by atoms with E-state index in [1.807, 2.05) is 0 Å². The van der Waals surface area contributed by atoms with Gasteiger partial charge in [0, 0.05) is 0 Å². The molecule has 0 heterocycles. The van der Waals surface area contributed by atoms with Crippen molar-refractivity contribution in [3.63, 3.8) is 0 Å². The van der Waals surface area contributed by atoms with Crippen LogP contribution in [0.3, 0.4) is 0 Å². The van der Waals surface area contributed by atoms with Gasteiger partial charge in [-0.15, -0.1) is 0 Å². The summed E-state index contributed by atoms with van der Waals surface area (Å²) in [6.07, 6.45) is 0. The minimum atomic E-state index is 0.914. The maximum Gasteiger partial charge on any atom is -0.0313 e. The van der Waals surface area contributed by atoms with Gasteiger partial charge < -0.3 is 0 Å². The van der Waals surface area contributed by atoms with Gasteiger partial charge in [-0.25, -0.2) is 0 Å². The Morgan fingerprint density at radius 2 is 0.417 bits per heavy atom. The van der Waals surface area contributed by atoms with E-state index in [9.17, 15) is 0 Å². The highest BCUT2D eigenvalue weighted by Gasteiger charge is 2.67. The molecule has 0 amide bonds. The van der Waals surface area contributed by atoms with Gasteiger partial charge in [0.1, 0.15) is 0 Å². The van der Waals surface area contributed by atoms with Gasteiger partial charge in [-0.05, 0) is 88.8 Å². The van der Waals surface area contributed by atoms with Crippen LogP contribution in [0.1, 0.15) is 62.3 Å². The molecule has 12 atom stereocenters. The highest BCUT2D eigenvalue weighted by molar-refractivity contribution is 5.15. The van der Waals surface area contributed by atoms with E-state index in [-0.39, 0.29) is 0 Å². The van der Waals surface area contributed by atoms with Gasteiger partial charge in [0.25, 0.3) is 0 Å². The van der Waals surface area contributed by atoms with Crippen molar-refractivity contribution < 1.29 is 0 Å². The van der Waals surface area contributed by atoms with Gasteiger partial charge in [0.15, 0.2) is 0 Å². The zero-order chi connectivity index (χ0) is 17.7. The van der Waals surface area contributed by atoms with Crippen LogP contribution in [0.4, 0.5) is 0 Å². The molecule has 0 heteroatoms. The molecule has 4 aliphatic carbocycles. The van der Waals surface area contributed by atoms with Crippen molar-refractivity contribution in [3.8, 4) is 0 Å². The average molecular weight is 331 g/mol. The third kappa shape index (κ3) is 1.87. The van der Waals surface area contributed by atoms with Crippen molar-refractivity contribution in [1.29, 1.82) is 0 Å². The largest absolute Gasteiger partial charge is 0.0620 e. The van der Waals surface area contributed by atoms with E-state index in [2.05, 4.69) is 62.3 Å². The van der Waals surface area contributed by atoms with E-state index in [4.69, 9.17) is 0 Å². The molecule has 0 radical (unpaired) electrons. The first-order valence-corrected chi connectivity index (χ1v) is 11.2. The molecule has 0 saturated heterocycles. The Morgan fingerprint density at radius 1 is 0.208 bits per heavy atom. The fraction of sp³-hybridized carbons (Fsp3) is 1.00. The Morgan fingerprint density at radius 3 is 0.708 bits per heavy atom. The molecule has 0 nitrogen and oxygen atoms in total. The molecule has 0 aromatic carbocycles. The van der Waals surface area contributed by atoms with Crippen LogP contribution in [0.25, 0.3) is 0 Å². The first-order valence-electron chi connectivity index (χ1n) is 11.2. The summed E-state index contributed by atoms with van der Waals surface area (Å²) in [5.41, 5.74) is 0. The lowest BCUT2D eigenvalue weighted by Crippen LogP contribution is -2.53. The van der Waals surface area contributed by atoms with Crippen molar-refractivity contribution in [2.24, 2.45) is 88.8 Å². The standard InChI is InChI=1S/C24H42/c1-10-13(4)19-14(5)11(2)18(9)23-21-16(7)12(3)15(6)20(21)22(17(10)8)24(19)23/h10-24H,1-9H3. The maximum absolute atomic E-state index is 2.63. The molecule has 24 heavy (non-hydrogen) atoms. The van der Waals surface area contributed by atoms with Crippen molar-refractivity contribution in [2.75, 3.05) is 0 Å². The van der Waals surface area contributed by atoms with Crippen LogP contribution in [0.5, 0.6) is 0 Å². The molecule has 0 aliphatic heterocycles. The fourth-order valence-electron chi connectivity index (χ4n) is 9.32. The molecule has 12 unspecified atom stereocenters. The minimum absolute atomic E-state index is 0.914. The van der Waals surface area contributed by atoms with E-state index < -0.39 is 0 Å². The third-order valence-electron chi connectivity index (χ3n) is 11.3. The summed E-state index contributed by atoms with van der Waals surface area (Å²) in [6, 6.07) is 0. The Balaban J connectivity index is 1.85. The quantitative estimate of drug-likeness (QED) is 0.478. The first kappa shape index (κ1) is 17.4. The SMILES string of the molecule is CC1C(C)C2C(C1C)C1C(C)C(C)C(C)C3C(C)C(C)C(C)C2C31. The molecule has 0 N–H and O–H groups in total. The van der Waals surface area contributed by atoms with Crippen LogP contribution < -0.4 is 0 Å². The zero-order valence-electron chi connectivity index (χ0n) is 17.7. The summed E-state index contributed by atoms with van der Waals surface area (Å²) in [4.78, 5) is 0. The minimum Gasteiger partial charge on any atom is -0.0620 e. The van der Waals surface area contributed by atoms with E-state index in [1.54, 1.807) is 0 Å². The van der Waals surface area contributed by atoms with Crippen LogP contribution in [-0.4, -0.2) is 0 Å². The summed E-state index contributed by atoms with van der Waals surface area (Å²) < 4.78 is 0. The van der Waals surface area contributed by atoms with Gasteiger partial charge in [-0.3, -0.25) is 0 Å². The number of fused-ring (bicyclic) bond motifs is 3. The van der Waals surface area contributed by atoms with Crippen molar-refractivity contribution in [1.82, 2.24) is 0 Å². The van der Waals surface area contributed by atoms with Gasteiger partial charge in [-0.2, -0.15) is 0 Å². The van der Waals surface area contributed by atoms with Crippen LogP contribution in [0, 0.1) is 88.8 Å². The van der Waals surface area contributed by atoms with E-state index >= 15 is 0 Å². The average Bonchev–Trinajstić information content (AvgIpc) is 3.00. The van der Waals surface area contributed by atoms with E-state index in [0.29, 0.717) is 0 Å². The summed E-state index contributed by atoms with van der Waals surface area (Å²) in [5, 5.41) is 0. The van der Waals surface area contributed by atoms with Crippen molar-refractivity contribution in [3.05, 3.63) is 0 Å². The Hall–Kier alpha value is 0. The van der Waals surface area contributed by atoms with Crippen LogP contribution in [0.15, 0.2) is 0 Å². The molecule has 4 fully saturated rings. The van der Waals surface area contributed by atoms with Crippen LogP contribution in [0.2, 0.25) is 0 Å². The maximum atomic E-state index is 2.63. The zero-order valence-corrected chi connectivity index (χ0v) is 17.7. The summed E-state index contributed by atoms with van der Waals surface area (Å²) in [6.45, 7) is 23.5. The van der Waals surface area contributed by atoms with E-state index in [0.717, 1.165) is 88.8 Å². The van der Waals surface area contributed by atoms with Gasteiger partial charge in [0.2, 0.25) is 0 Å². The third-order valence-corrected chi connectivity index (χ3v) is 11.3. The smallest absolute Gasteiger partial charge is 0.0313 e. The lowest BCUT2D eigenvalue weighted by atomic mass is 9.47. The lowest BCUT2D eigenvalue weighted by Gasteiger charge is -2.58. The normalized spacial score (nSPS) is 68.6. The second-order valence-corrected chi connectivity index (χ2v) is 11.2. The predicted octanol–water partition coefficient (Wildman–Crippen LogP) is 6.46. The van der Waals surface area contributed by atoms with E-state index in [1.165, 1.54) is 0 Å². The van der Waals surface area contributed by atoms with Crippen LogP contribution >= 0.6 is 0 Å². The number of rotatable bonds is 0. The molecule has 4 rings (SSSR count). The molecule has 138 valence electrons. The number of hydrogen-bond donors (Lipinski definition) is 0. The number of hydrogen-bond acceptors (Lipinski definition) is 0. The second kappa shape index (κ2) is 5.50. The molecule has 0 aromatic heterocycles. The predicted molar refractivity (Wildman–Crippen MR) is 103 cm³/mol. The molecule has 0 aromatic rings.